The zero-order chi connectivity index (χ0) is 17.2. The molecule has 1 aromatic carbocycles. The van der Waals surface area contributed by atoms with Crippen LogP contribution in [0.4, 0.5) is 0 Å². The number of rotatable bonds is 5. The summed E-state index contributed by atoms with van der Waals surface area (Å²) in [6.45, 7) is 1.75. The Labute approximate surface area is 146 Å². The van der Waals surface area contributed by atoms with Gasteiger partial charge in [0.2, 0.25) is 0 Å². The quantitative estimate of drug-likeness (QED) is 0.775. The molecule has 2 aromatic heterocycles. The topological polar surface area (TPSA) is 66.8 Å². The standard InChI is InChI=1S/C19H23N5O/c1-23-18-16(12-20-23)19(25)22-17(21-18)13-24-11-5-8-15(24)10-9-14-6-3-2-4-7-14/h2-4,6-7,12,15H,5,8-11,13H2,1H3,(H,21,22,25)/t15-/m1/s1. The van der Waals surface area contributed by atoms with Crippen molar-refractivity contribution in [1.82, 2.24) is 24.6 Å². The van der Waals surface area contributed by atoms with Gasteiger partial charge in [0.1, 0.15) is 11.2 Å². The van der Waals surface area contributed by atoms with E-state index in [0.29, 0.717) is 23.6 Å². The van der Waals surface area contributed by atoms with E-state index in [1.165, 1.54) is 18.4 Å². The summed E-state index contributed by atoms with van der Waals surface area (Å²) >= 11 is 0. The summed E-state index contributed by atoms with van der Waals surface area (Å²) in [6, 6.07) is 11.2. The van der Waals surface area contributed by atoms with Crippen LogP contribution in [-0.4, -0.2) is 37.2 Å². The Kier molecular flexibility index (Phi) is 4.36. The van der Waals surface area contributed by atoms with Gasteiger partial charge in [-0.3, -0.25) is 14.4 Å². The first-order chi connectivity index (χ1) is 12.2. The molecule has 1 saturated heterocycles. The van der Waals surface area contributed by atoms with Gasteiger partial charge in [0.25, 0.3) is 5.56 Å². The molecule has 1 fully saturated rings. The summed E-state index contributed by atoms with van der Waals surface area (Å²) in [5.41, 5.74) is 1.93. The lowest BCUT2D eigenvalue weighted by atomic mass is 10.0. The fourth-order valence-corrected chi connectivity index (χ4v) is 3.75. The molecule has 3 aromatic rings. The predicted octanol–water partition coefficient (Wildman–Crippen LogP) is 2.25. The zero-order valence-electron chi connectivity index (χ0n) is 14.5. The molecule has 130 valence electrons. The summed E-state index contributed by atoms with van der Waals surface area (Å²) in [5, 5.41) is 4.68. The Bertz CT molecular complexity index is 914. The number of likely N-dealkylation sites (tertiary alicyclic amines) is 1. The van der Waals surface area contributed by atoms with E-state index in [2.05, 4.69) is 50.3 Å². The molecular formula is C19H23N5O. The number of aromatic nitrogens is 4. The van der Waals surface area contributed by atoms with Gasteiger partial charge in [-0.1, -0.05) is 30.3 Å². The second kappa shape index (κ2) is 6.80. The minimum atomic E-state index is -0.104. The Hall–Kier alpha value is -2.47. The van der Waals surface area contributed by atoms with E-state index in [4.69, 9.17) is 0 Å². The van der Waals surface area contributed by atoms with Gasteiger partial charge >= 0.3 is 0 Å². The van der Waals surface area contributed by atoms with Crippen LogP contribution in [-0.2, 0) is 20.0 Å². The zero-order valence-corrected chi connectivity index (χ0v) is 14.5. The van der Waals surface area contributed by atoms with E-state index in [1.54, 1.807) is 10.9 Å². The van der Waals surface area contributed by atoms with Gasteiger partial charge in [0.15, 0.2) is 5.65 Å². The van der Waals surface area contributed by atoms with Gasteiger partial charge in [0, 0.05) is 13.1 Å². The molecule has 1 N–H and O–H groups in total. The number of nitrogens with zero attached hydrogens (tertiary/aromatic N) is 4. The highest BCUT2D eigenvalue weighted by molar-refractivity contribution is 5.72. The van der Waals surface area contributed by atoms with Crippen molar-refractivity contribution in [3.63, 3.8) is 0 Å². The number of fused-ring (bicyclic) bond motifs is 1. The van der Waals surface area contributed by atoms with Crippen molar-refractivity contribution in [2.24, 2.45) is 7.05 Å². The monoisotopic (exact) mass is 337 g/mol. The third-order valence-corrected chi connectivity index (χ3v) is 5.11. The third kappa shape index (κ3) is 3.35. The molecule has 4 rings (SSSR count). The summed E-state index contributed by atoms with van der Waals surface area (Å²) in [5.74, 6) is 0.729. The fraction of sp³-hybridized carbons (Fsp3) is 0.421. The summed E-state index contributed by atoms with van der Waals surface area (Å²) in [4.78, 5) is 22.2. The molecule has 0 spiro atoms. The minimum Gasteiger partial charge on any atom is -0.309 e. The largest absolute Gasteiger partial charge is 0.309 e. The maximum absolute atomic E-state index is 12.2. The van der Waals surface area contributed by atoms with Crippen LogP contribution in [0.5, 0.6) is 0 Å². The highest BCUT2D eigenvalue weighted by Gasteiger charge is 2.25. The Morgan fingerprint density at radius 3 is 2.96 bits per heavy atom. The van der Waals surface area contributed by atoms with Crippen molar-refractivity contribution in [3.8, 4) is 0 Å². The van der Waals surface area contributed by atoms with Crippen molar-refractivity contribution in [1.29, 1.82) is 0 Å². The third-order valence-electron chi connectivity index (χ3n) is 5.11. The van der Waals surface area contributed by atoms with E-state index in [1.807, 2.05) is 7.05 Å². The average molecular weight is 337 g/mol. The number of nitrogens with one attached hydrogen (secondary N) is 1. The summed E-state index contributed by atoms with van der Waals surface area (Å²) < 4.78 is 1.66. The van der Waals surface area contributed by atoms with Crippen LogP contribution in [0.25, 0.3) is 11.0 Å². The van der Waals surface area contributed by atoms with Crippen molar-refractivity contribution >= 4 is 11.0 Å². The first-order valence-electron chi connectivity index (χ1n) is 8.89. The van der Waals surface area contributed by atoms with Crippen molar-refractivity contribution < 1.29 is 0 Å². The van der Waals surface area contributed by atoms with Crippen LogP contribution >= 0.6 is 0 Å². The number of hydrogen-bond donors (Lipinski definition) is 1. The molecule has 0 radical (unpaired) electrons. The summed E-state index contributed by atoms with van der Waals surface area (Å²) in [6.07, 6.45) is 6.22. The Morgan fingerprint density at radius 1 is 1.28 bits per heavy atom. The molecule has 3 heterocycles. The van der Waals surface area contributed by atoms with Gasteiger partial charge < -0.3 is 4.98 Å². The van der Waals surface area contributed by atoms with Crippen molar-refractivity contribution in [3.05, 3.63) is 58.3 Å². The normalized spacial score (nSPS) is 18.2. The molecular weight excluding hydrogens is 314 g/mol. The fourth-order valence-electron chi connectivity index (χ4n) is 3.75. The molecule has 1 aliphatic heterocycles. The van der Waals surface area contributed by atoms with E-state index in [-0.39, 0.29) is 5.56 Å². The van der Waals surface area contributed by atoms with Crippen LogP contribution in [0.3, 0.4) is 0 Å². The molecule has 1 atom stereocenters. The number of hydrogen-bond acceptors (Lipinski definition) is 4. The first kappa shape index (κ1) is 16.0. The molecule has 0 unspecified atom stereocenters. The molecule has 1 aliphatic rings. The SMILES string of the molecule is Cn1ncc2c(=O)[nH]c(CN3CCC[C@@H]3CCc3ccccc3)nc21. The molecule has 0 saturated carbocycles. The van der Waals surface area contributed by atoms with Crippen LogP contribution in [0.15, 0.2) is 41.3 Å². The lowest BCUT2D eigenvalue weighted by Crippen LogP contribution is -2.31. The van der Waals surface area contributed by atoms with Gasteiger partial charge in [-0.25, -0.2) is 4.98 Å². The van der Waals surface area contributed by atoms with E-state index in [0.717, 1.165) is 25.2 Å². The highest BCUT2D eigenvalue weighted by Crippen LogP contribution is 2.23. The number of aryl methyl sites for hydroxylation is 2. The maximum Gasteiger partial charge on any atom is 0.262 e. The van der Waals surface area contributed by atoms with Gasteiger partial charge in [0.05, 0.1) is 12.7 Å². The van der Waals surface area contributed by atoms with Crippen LogP contribution in [0.2, 0.25) is 0 Å². The minimum absolute atomic E-state index is 0.104. The van der Waals surface area contributed by atoms with E-state index >= 15 is 0 Å². The van der Waals surface area contributed by atoms with E-state index < -0.39 is 0 Å². The average Bonchev–Trinajstić information content (AvgIpc) is 3.21. The molecule has 6 nitrogen and oxygen atoms in total. The van der Waals surface area contributed by atoms with Gasteiger partial charge in [-0.15, -0.1) is 0 Å². The maximum atomic E-state index is 12.2. The van der Waals surface area contributed by atoms with Gasteiger partial charge in [-0.2, -0.15) is 5.10 Å². The van der Waals surface area contributed by atoms with Crippen LogP contribution in [0.1, 0.15) is 30.7 Å². The van der Waals surface area contributed by atoms with Gasteiger partial charge in [-0.05, 0) is 37.8 Å². The second-order valence-electron chi connectivity index (χ2n) is 6.81. The van der Waals surface area contributed by atoms with E-state index in [9.17, 15) is 4.79 Å². The first-order valence-corrected chi connectivity index (χ1v) is 8.89. The van der Waals surface area contributed by atoms with Crippen LogP contribution in [0, 0.1) is 0 Å². The molecule has 25 heavy (non-hydrogen) atoms. The highest BCUT2D eigenvalue weighted by atomic mass is 16.1. The lowest BCUT2D eigenvalue weighted by Gasteiger charge is -2.24. The molecule has 0 amide bonds. The molecule has 0 aliphatic carbocycles. The molecule has 0 bridgehead atoms. The predicted molar refractivity (Wildman–Crippen MR) is 97.3 cm³/mol. The Balaban J connectivity index is 1.47. The smallest absolute Gasteiger partial charge is 0.262 e. The number of aromatic amines is 1. The van der Waals surface area contributed by atoms with Crippen molar-refractivity contribution in [2.75, 3.05) is 6.54 Å². The lowest BCUT2D eigenvalue weighted by molar-refractivity contribution is 0.229. The number of H-pyrrole nitrogens is 1. The van der Waals surface area contributed by atoms with Crippen LogP contribution < -0.4 is 5.56 Å². The summed E-state index contributed by atoms with van der Waals surface area (Å²) in [7, 11) is 1.82. The second-order valence-corrected chi connectivity index (χ2v) is 6.81. The number of benzene rings is 1. The van der Waals surface area contributed by atoms with Crippen molar-refractivity contribution in [2.45, 2.75) is 38.3 Å². The molecule has 6 heteroatoms. The Morgan fingerprint density at radius 2 is 2.12 bits per heavy atom.